The van der Waals surface area contributed by atoms with Gasteiger partial charge < -0.3 is 0 Å². The maximum atomic E-state index is 9.65. The number of rotatable bonds is 5. The second kappa shape index (κ2) is 11.9. The molecule has 9 rings (SSSR count). The third-order valence-corrected chi connectivity index (χ3v) is 9.84. The molecule has 0 saturated heterocycles. The third kappa shape index (κ3) is 5.24. The van der Waals surface area contributed by atoms with Gasteiger partial charge >= 0.3 is 0 Å². The molecule has 6 nitrogen and oxygen atoms in total. The Balaban J connectivity index is 1.27. The number of benzene rings is 6. The van der Waals surface area contributed by atoms with E-state index in [1.165, 1.54) is 22.3 Å². The summed E-state index contributed by atoms with van der Waals surface area (Å²) in [6, 6.07) is 47.7. The molecule has 2 heterocycles. The van der Waals surface area contributed by atoms with Crippen LogP contribution in [0.2, 0.25) is 0 Å². The largest absolute Gasteiger partial charge is 0.253 e. The summed E-state index contributed by atoms with van der Waals surface area (Å²) >= 11 is 0. The molecule has 0 aliphatic heterocycles. The van der Waals surface area contributed by atoms with Crippen molar-refractivity contribution in [3.05, 3.63) is 163 Å². The summed E-state index contributed by atoms with van der Waals surface area (Å²) in [6.07, 6.45) is 3.46. The summed E-state index contributed by atoms with van der Waals surface area (Å²) in [6.45, 7) is 4.47. The van der Waals surface area contributed by atoms with Gasteiger partial charge in [-0.25, -0.2) is 15.0 Å². The summed E-state index contributed by atoms with van der Waals surface area (Å²) < 4.78 is 0. The van der Waals surface area contributed by atoms with E-state index in [0.29, 0.717) is 23.0 Å². The predicted octanol–water partition coefficient (Wildman–Crippen LogP) is 10.3. The van der Waals surface area contributed by atoms with Gasteiger partial charge in [-0.1, -0.05) is 105 Å². The van der Waals surface area contributed by atoms with Crippen molar-refractivity contribution in [1.82, 2.24) is 24.9 Å². The first-order valence-corrected chi connectivity index (χ1v) is 16.9. The molecule has 0 spiro atoms. The molecule has 1 aliphatic carbocycles. The zero-order chi connectivity index (χ0) is 34.5. The van der Waals surface area contributed by atoms with Gasteiger partial charge in [-0.3, -0.25) is 9.97 Å². The molecule has 0 N–H and O–H groups in total. The molecule has 0 bridgehead atoms. The van der Waals surface area contributed by atoms with Crippen molar-refractivity contribution in [1.29, 1.82) is 5.26 Å². The van der Waals surface area contributed by atoms with Crippen molar-refractivity contribution in [2.24, 2.45) is 0 Å². The van der Waals surface area contributed by atoms with Crippen LogP contribution in [0.1, 0.15) is 30.5 Å². The first-order chi connectivity index (χ1) is 25.0. The fourth-order valence-corrected chi connectivity index (χ4v) is 7.23. The summed E-state index contributed by atoms with van der Waals surface area (Å²) in [7, 11) is 0. The molecule has 8 aromatic rings. The van der Waals surface area contributed by atoms with Crippen LogP contribution in [0.5, 0.6) is 0 Å². The second-order valence-electron chi connectivity index (χ2n) is 13.3. The van der Waals surface area contributed by atoms with Crippen molar-refractivity contribution in [2.45, 2.75) is 19.3 Å². The normalized spacial score (nSPS) is 12.6. The first-order valence-electron chi connectivity index (χ1n) is 16.9. The number of nitriles is 1. The zero-order valence-electron chi connectivity index (χ0n) is 28.0. The van der Waals surface area contributed by atoms with Crippen LogP contribution in [0.15, 0.2) is 146 Å². The summed E-state index contributed by atoms with van der Waals surface area (Å²) in [5, 5.41) is 9.65. The van der Waals surface area contributed by atoms with E-state index in [1.807, 2.05) is 84.9 Å². The number of hydrogen-bond donors (Lipinski definition) is 0. The molecule has 0 atom stereocenters. The van der Waals surface area contributed by atoms with Crippen LogP contribution < -0.4 is 0 Å². The number of hydrogen-bond acceptors (Lipinski definition) is 6. The minimum atomic E-state index is -0.275. The molecule has 0 amide bonds. The number of nitrogens with zero attached hydrogens (tertiary/aromatic N) is 6. The fourth-order valence-electron chi connectivity index (χ4n) is 7.23. The molecule has 6 aromatic carbocycles. The molecular weight excluding hydrogens is 625 g/mol. The monoisotopic (exact) mass is 654 g/mol. The molecule has 240 valence electrons. The lowest BCUT2D eigenvalue weighted by Crippen LogP contribution is -2.15. The van der Waals surface area contributed by atoms with Gasteiger partial charge in [-0.2, -0.15) is 5.26 Å². The number of fused-ring (bicyclic) bond motifs is 4. The minimum absolute atomic E-state index is 0.275. The molecule has 0 fully saturated rings. The molecule has 6 heteroatoms. The molecular formula is C45H30N6. The number of aromatic nitrogens is 5. The molecule has 0 saturated carbocycles. The van der Waals surface area contributed by atoms with Crippen molar-refractivity contribution in [2.75, 3.05) is 0 Å². The minimum Gasteiger partial charge on any atom is -0.253 e. The Morgan fingerprint density at radius 3 is 1.75 bits per heavy atom. The zero-order valence-corrected chi connectivity index (χ0v) is 28.0. The first kappa shape index (κ1) is 30.2. The lowest BCUT2D eigenvalue weighted by Gasteiger charge is -2.22. The maximum absolute atomic E-state index is 9.65. The van der Waals surface area contributed by atoms with Gasteiger partial charge in [-0.05, 0) is 81.4 Å². The maximum Gasteiger partial charge on any atom is 0.164 e. The van der Waals surface area contributed by atoms with Crippen LogP contribution in [-0.2, 0) is 5.41 Å². The van der Waals surface area contributed by atoms with Crippen molar-refractivity contribution in [3.8, 4) is 73.6 Å². The highest BCUT2D eigenvalue weighted by Crippen LogP contribution is 2.50. The Morgan fingerprint density at radius 2 is 1.06 bits per heavy atom. The fraction of sp³-hybridized carbons (Fsp3) is 0.0667. The lowest BCUT2D eigenvalue weighted by molar-refractivity contribution is 0.660. The smallest absolute Gasteiger partial charge is 0.164 e. The average Bonchev–Trinajstić information content (AvgIpc) is 3.42. The highest BCUT2D eigenvalue weighted by atomic mass is 15.0. The Labute approximate surface area is 295 Å². The topological polar surface area (TPSA) is 88.2 Å². The third-order valence-electron chi connectivity index (χ3n) is 9.84. The van der Waals surface area contributed by atoms with E-state index < -0.39 is 0 Å². The Bertz CT molecular complexity index is 2610. The highest BCUT2D eigenvalue weighted by Gasteiger charge is 2.36. The number of para-hydroxylation sites is 1. The van der Waals surface area contributed by atoms with Crippen molar-refractivity contribution >= 4 is 11.0 Å². The standard InChI is InChI=1S/C45H30N6/c1-45(2)38-22-28(27-46)16-18-36(38)37-19-17-31(26-39(37)45)32-23-33(35-14-9-15-40-41(35)48-21-20-47-40)25-34(24-32)44-50-42(29-10-5-3-6-11-29)49-43(51-44)30-12-7-4-8-13-30/h3-26H,1-2H3. The van der Waals surface area contributed by atoms with Crippen LogP contribution in [0.3, 0.4) is 0 Å². The van der Waals surface area contributed by atoms with E-state index in [2.05, 4.69) is 73.4 Å². The summed E-state index contributed by atoms with van der Waals surface area (Å²) in [5.74, 6) is 1.79. The predicted molar refractivity (Wildman–Crippen MR) is 202 cm³/mol. The Kier molecular flexibility index (Phi) is 7.08. The van der Waals surface area contributed by atoms with E-state index in [-0.39, 0.29) is 5.41 Å². The van der Waals surface area contributed by atoms with E-state index in [1.54, 1.807) is 12.4 Å². The van der Waals surface area contributed by atoms with Crippen LogP contribution in [0.4, 0.5) is 0 Å². The van der Waals surface area contributed by atoms with Crippen LogP contribution >= 0.6 is 0 Å². The Hall–Kier alpha value is -6.84. The molecule has 2 aromatic heterocycles. The second-order valence-corrected chi connectivity index (χ2v) is 13.3. The van der Waals surface area contributed by atoms with Crippen LogP contribution in [-0.4, -0.2) is 24.9 Å². The van der Waals surface area contributed by atoms with Crippen molar-refractivity contribution in [3.63, 3.8) is 0 Å². The Morgan fingerprint density at radius 1 is 0.471 bits per heavy atom. The SMILES string of the molecule is CC1(C)c2cc(C#N)ccc2-c2ccc(-c3cc(-c4nc(-c5ccccc5)nc(-c5ccccc5)n4)cc(-c4cccc5nccnc45)c3)cc21. The van der Waals surface area contributed by atoms with E-state index in [4.69, 9.17) is 19.9 Å². The van der Waals surface area contributed by atoms with E-state index >= 15 is 0 Å². The molecule has 0 radical (unpaired) electrons. The molecule has 1 aliphatic rings. The van der Waals surface area contributed by atoms with Gasteiger partial charge in [0.25, 0.3) is 0 Å². The van der Waals surface area contributed by atoms with Crippen LogP contribution in [0.25, 0.3) is 78.6 Å². The van der Waals surface area contributed by atoms with Gasteiger partial charge in [0.2, 0.25) is 0 Å². The average molecular weight is 655 g/mol. The van der Waals surface area contributed by atoms with E-state index in [9.17, 15) is 5.26 Å². The van der Waals surface area contributed by atoms with E-state index in [0.717, 1.165) is 50.0 Å². The van der Waals surface area contributed by atoms with Gasteiger partial charge in [-0.15, -0.1) is 0 Å². The highest BCUT2D eigenvalue weighted by molar-refractivity contribution is 5.94. The van der Waals surface area contributed by atoms with Crippen LogP contribution in [0, 0.1) is 11.3 Å². The lowest BCUT2D eigenvalue weighted by atomic mass is 9.81. The molecule has 51 heavy (non-hydrogen) atoms. The van der Waals surface area contributed by atoms with Gasteiger partial charge in [0, 0.05) is 40.1 Å². The van der Waals surface area contributed by atoms with Gasteiger partial charge in [0.1, 0.15) is 0 Å². The molecule has 0 unspecified atom stereocenters. The quantitative estimate of drug-likeness (QED) is 0.184. The summed E-state index contributed by atoms with van der Waals surface area (Å²) in [5.41, 5.74) is 13.6. The van der Waals surface area contributed by atoms with Gasteiger partial charge in [0.05, 0.1) is 22.7 Å². The van der Waals surface area contributed by atoms with Gasteiger partial charge in [0.15, 0.2) is 17.5 Å². The van der Waals surface area contributed by atoms with Crippen molar-refractivity contribution < 1.29 is 0 Å². The summed E-state index contributed by atoms with van der Waals surface area (Å²) in [4.78, 5) is 24.4.